The Kier molecular flexibility index (Phi) is 4.18. The number of hydrogen-bond donors (Lipinski definition) is 0. The Morgan fingerprint density at radius 3 is 1.60 bits per heavy atom. The first-order valence-corrected chi connectivity index (χ1v) is 8.64. The summed E-state index contributed by atoms with van der Waals surface area (Å²) in [6.45, 7) is 2.15. The van der Waals surface area contributed by atoms with E-state index in [1.807, 2.05) is 0 Å². The molecule has 0 spiro atoms. The summed E-state index contributed by atoms with van der Waals surface area (Å²) >= 11 is 0. The van der Waals surface area contributed by atoms with Gasteiger partial charge in [-0.3, -0.25) is 0 Å². The highest BCUT2D eigenvalue weighted by atomic mass is 14.2. The van der Waals surface area contributed by atoms with Gasteiger partial charge in [0.05, 0.1) is 0 Å². The van der Waals surface area contributed by atoms with Crippen LogP contribution in [0.1, 0.15) is 5.56 Å². The lowest BCUT2D eigenvalue weighted by Crippen LogP contribution is -1.90. The molecular formula is C25H20. The summed E-state index contributed by atoms with van der Waals surface area (Å²) in [5.41, 5.74) is 8.87. The van der Waals surface area contributed by atoms with Gasteiger partial charge in [0.15, 0.2) is 0 Å². The molecule has 0 aliphatic carbocycles. The lowest BCUT2D eigenvalue weighted by Gasteiger charge is -2.16. The minimum absolute atomic E-state index is 1.25. The average molecular weight is 320 g/mol. The zero-order valence-electron chi connectivity index (χ0n) is 14.3. The number of aryl methyl sites for hydroxylation is 1. The van der Waals surface area contributed by atoms with Crippen LogP contribution in [0.15, 0.2) is 103 Å². The van der Waals surface area contributed by atoms with Crippen molar-refractivity contribution in [2.75, 3.05) is 0 Å². The van der Waals surface area contributed by atoms with E-state index in [0.717, 1.165) is 0 Å². The highest BCUT2D eigenvalue weighted by molar-refractivity contribution is 5.94. The normalized spacial score (nSPS) is 10.6. The molecule has 0 atom stereocenters. The Balaban J connectivity index is 2.02. The Bertz CT molecular complexity index is 983. The second kappa shape index (κ2) is 6.78. The molecule has 0 amide bonds. The van der Waals surface area contributed by atoms with Crippen molar-refractivity contribution >= 4 is 0 Å². The maximum atomic E-state index is 2.26. The average Bonchev–Trinajstić information content (AvgIpc) is 2.69. The van der Waals surface area contributed by atoms with Crippen LogP contribution in [0.25, 0.3) is 33.4 Å². The van der Waals surface area contributed by atoms with E-state index in [2.05, 4.69) is 110 Å². The van der Waals surface area contributed by atoms with Crippen LogP contribution in [0.3, 0.4) is 0 Å². The van der Waals surface area contributed by atoms with Gasteiger partial charge in [0.2, 0.25) is 0 Å². The van der Waals surface area contributed by atoms with E-state index >= 15 is 0 Å². The summed E-state index contributed by atoms with van der Waals surface area (Å²) in [7, 11) is 0. The molecule has 0 radical (unpaired) electrons. The van der Waals surface area contributed by atoms with Crippen LogP contribution in [0.5, 0.6) is 0 Å². The molecule has 4 aromatic rings. The molecule has 0 aliphatic heterocycles. The Morgan fingerprint density at radius 1 is 0.440 bits per heavy atom. The first-order valence-electron chi connectivity index (χ1n) is 8.64. The third-order valence-corrected chi connectivity index (χ3v) is 4.54. The Labute approximate surface area is 149 Å². The van der Waals surface area contributed by atoms with E-state index in [1.54, 1.807) is 0 Å². The topological polar surface area (TPSA) is 0 Å². The van der Waals surface area contributed by atoms with E-state index < -0.39 is 0 Å². The van der Waals surface area contributed by atoms with Gasteiger partial charge in [-0.05, 0) is 40.3 Å². The number of rotatable bonds is 3. The molecule has 4 aromatic carbocycles. The van der Waals surface area contributed by atoms with Crippen LogP contribution in [0, 0.1) is 6.92 Å². The van der Waals surface area contributed by atoms with Crippen molar-refractivity contribution in [1.29, 1.82) is 0 Å². The molecule has 0 aliphatic rings. The van der Waals surface area contributed by atoms with Crippen molar-refractivity contribution in [2.45, 2.75) is 6.92 Å². The Hall–Kier alpha value is -3.12. The van der Waals surface area contributed by atoms with Crippen LogP contribution in [-0.4, -0.2) is 0 Å². The van der Waals surface area contributed by atoms with E-state index in [-0.39, 0.29) is 0 Å². The quantitative estimate of drug-likeness (QED) is 0.381. The first-order chi connectivity index (χ1) is 12.3. The predicted octanol–water partition coefficient (Wildman–Crippen LogP) is 7.00. The molecule has 4 rings (SSSR count). The van der Waals surface area contributed by atoms with Gasteiger partial charge in [-0.1, -0.05) is 109 Å². The van der Waals surface area contributed by atoms with Crippen LogP contribution < -0.4 is 0 Å². The highest BCUT2D eigenvalue weighted by Crippen LogP contribution is 2.39. The molecule has 0 nitrogen and oxygen atoms in total. The van der Waals surface area contributed by atoms with Crippen LogP contribution in [-0.2, 0) is 0 Å². The lowest BCUT2D eigenvalue weighted by molar-refractivity contribution is 1.46. The number of benzene rings is 4. The predicted molar refractivity (Wildman–Crippen MR) is 107 cm³/mol. The number of hydrogen-bond acceptors (Lipinski definition) is 0. The molecule has 0 unspecified atom stereocenters. The standard InChI is InChI=1S/C25H20/c1-19-10-8-15-22(18-19)24-17-9-16-23(20-11-4-2-5-12-20)25(24)21-13-6-3-7-14-21/h2-18H,1H3. The van der Waals surface area contributed by atoms with E-state index in [1.165, 1.54) is 38.9 Å². The summed E-state index contributed by atoms with van der Waals surface area (Å²) < 4.78 is 0. The second-order valence-electron chi connectivity index (χ2n) is 6.33. The fourth-order valence-electron chi connectivity index (χ4n) is 3.38. The van der Waals surface area contributed by atoms with Gasteiger partial charge in [0.1, 0.15) is 0 Å². The van der Waals surface area contributed by atoms with Crippen LogP contribution >= 0.6 is 0 Å². The molecule has 0 aromatic heterocycles. The highest BCUT2D eigenvalue weighted by Gasteiger charge is 2.13. The van der Waals surface area contributed by atoms with Crippen molar-refractivity contribution < 1.29 is 0 Å². The fraction of sp³-hybridized carbons (Fsp3) is 0.0400. The molecule has 0 saturated heterocycles. The van der Waals surface area contributed by atoms with E-state index in [9.17, 15) is 0 Å². The minimum Gasteiger partial charge on any atom is -0.0622 e. The van der Waals surface area contributed by atoms with Gasteiger partial charge < -0.3 is 0 Å². The first kappa shape index (κ1) is 15.4. The maximum absolute atomic E-state index is 2.26. The second-order valence-corrected chi connectivity index (χ2v) is 6.33. The smallest absolute Gasteiger partial charge is 0.00268 e. The Morgan fingerprint density at radius 2 is 0.960 bits per heavy atom. The van der Waals surface area contributed by atoms with Crippen molar-refractivity contribution in [3.8, 4) is 33.4 Å². The van der Waals surface area contributed by atoms with Crippen molar-refractivity contribution in [3.63, 3.8) is 0 Å². The molecule has 0 heterocycles. The zero-order chi connectivity index (χ0) is 17.1. The molecular weight excluding hydrogens is 300 g/mol. The molecule has 0 saturated carbocycles. The molecule has 0 bridgehead atoms. The van der Waals surface area contributed by atoms with Gasteiger partial charge in [0.25, 0.3) is 0 Å². The van der Waals surface area contributed by atoms with Crippen molar-refractivity contribution in [1.82, 2.24) is 0 Å². The zero-order valence-corrected chi connectivity index (χ0v) is 14.3. The third-order valence-electron chi connectivity index (χ3n) is 4.54. The summed E-state index contributed by atoms with van der Waals surface area (Å²) in [5.74, 6) is 0. The molecule has 120 valence electrons. The fourth-order valence-corrected chi connectivity index (χ4v) is 3.38. The van der Waals surface area contributed by atoms with Crippen molar-refractivity contribution in [2.24, 2.45) is 0 Å². The van der Waals surface area contributed by atoms with Crippen LogP contribution in [0.2, 0.25) is 0 Å². The summed E-state index contributed by atoms with van der Waals surface area (Å²) in [6.07, 6.45) is 0. The summed E-state index contributed by atoms with van der Waals surface area (Å²) in [5, 5.41) is 0. The summed E-state index contributed by atoms with van der Waals surface area (Å²) in [4.78, 5) is 0. The third kappa shape index (κ3) is 3.12. The molecule has 0 heteroatoms. The SMILES string of the molecule is Cc1cccc(-c2cccc(-c3ccccc3)c2-c2ccccc2)c1. The monoisotopic (exact) mass is 320 g/mol. The van der Waals surface area contributed by atoms with Crippen LogP contribution in [0.4, 0.5) is 0 Å². The van der Waals surface area contributed by atoms with E-state index in [4.69, 9.17) is 0 Å². The maximum Gasteiger partial charge on any atom is -0.00268 e. The van der Waals surface area contributed by atoms with Gasteiger partial charge in [-0.25, -0.2) is 0 Å². The molecule has 0 N–H and O–H groups in total. The van der Waals surface area contributed by atoms with Gasteiger partial charge in [-0.2, -0.15) is 0 Å². The van der Waals surface area contributed by atoms with E-state index in [0.29, 0.717) is 0 Å². The van der Waals surface area contributed by atoms with Gasteiger partial charge >= 0.3 is 0 Å². The summed E-state index contributed by atoms with van der Waals surface area (Å²) in [6, 6.07) is 36.7. The molecule has 25 heavy (non-hydrogen) atoms. The lowest BCUT2D eigenvalue weighted by atomic mass is 9.87. The largest absolute Gasteiger partial charge is 0.0622 e. The van der Waals surface area contributed by atoms with Crippen molar-refractivity contribution in [3.05, 3.63) is 109 Å². The molecule has 0 fully saturated rings. The van der Waals surface area contributed by atoms with Gasteiger partial charge in [-0.15, -0.1) is 0 Å². The minimum atomic E-state index is 1.25. The van der Waals surface area contributed by atoms with Gasteiger partial charge in [0, 0.05) is 0 Å².